The van der Waals surface area contributed by atoms with E-state index >= 15 is 0 Å². The van der Waals surface area contributed by atoms with Crippen molar-refractivity contribution >= 4 is 36.0 Å². The number of thioether (sulfide) groups is 1. The molecule has 2 heterocycles. The molecule has 1 unspecified atom stereocenters. The fourth-order valence-electron chi connectivity index (χ4n) is 3.03. The van der Waals surface area contributed by atoms with E-state index in [1.807, 2.05) is 0 Å². The van der Waals surface area contributed by atoms with Crippen LogP contribution in [0.1, 0.15) is 33.6 Å². The molecule has 2 saturated heterocycles. The summed E-state index contributed by atoms with van der Waals surface area (Å²) in [7, 11) is 0. The van der Waals surface area contributed by atoms with Crippen molar-refractivity contribution in [3.05, 3.63) is 0 Å². The van der Waals surface area contributed by atoms with Crippen LogP contribution in [0.5, 0.6) is 0 Å². The lowest BCUT2D eigenvalue weighted by molar-refractivity contribution is -0.139. The van der Waals surface area contributed by atoms with Crippen molar-refractivity contribution in [1.29, 1.82) is 0 Å². The van der Waals surface area contributed by atoms with Crippen molar-refractivity contribution in [2.75, 3.05) is 50.9 Å². The third-order valence-electron chi connectivity index (χ3n) is 4.35. The Hall–Kier alpha value is -0.500. The molecule has 25 heavy (non-hydrogen) atoms. The highest BCUT2D eigenvalue weighted by Gasteiger charge is 2.35. The summed E-state index contributed by atoms with van der Waals surface area (Å²) in [5, 5.41) is 6.36. The Morgan fingerprint density at radius 1 is 1.24 bits per heavy atom. The van der Waals surface area contributed by atoms with E-state index in [1.54, 1.807) is 16.7 Å². The van der Waals surface area contributed by atoms with Crippen molar-refractivity contribution in [2.45, 2.75) is 39.7 Å². The summed E-state index contributed by atoms with van der Waals surface area (Å²) in [6.07, 6.45) is 1.45. The number of piperazine rings is 1. The fourth-order valence-corrected chi connectivity index (χ4v) is 4.21. The summed E-state index contributed by atoms with van der Waals surface area (Å²) in [5.74, 6) is 1.43. The molecule has 2 amide bonds. The van der Waals surface area contributed by atoms with Gasteiger partial charge in [-0.05, 0) is 18.4 Å². The molecule has 0 bridgehead atoms. The Morgan fingerprint density at radius 3 is 2.56 bits per heavy atom. The molecule has 0 radical (unpaired) electrons. The average molecular weight is 393 g/mol. The van der Waals surface area contributed by atoms with E-state index in [-0.39, 0.29) is 35.7 Å². The molecule has 1 atom stereocenters. The summed E-state index contributed by atoms with van der Waals surface area (Å²) < 4.78 is 0. The van der Waals surface area contributed by atoms with Crippen LogP contribution in [0, 0.1) is 5.41 Å². The first-order valence-corrected chi connectivity index (χ1v) is 10.1. The minimum atomic E-state index is -0.302. The number of carbonyl (C=O) groups excluding carboxylic acids is 2. The van der Waals surface area contributed by atoms with Gasteiger partial charge in [0.2, 0.25) is 11.8 Å². The summed E-state index contributed by atoms with van der Waals surface area (Å²) >= 11 is 1.66. The third-order valence-corrected chi connectivity index (χ3v) is 5.36. The Morgan fingerprint density at radius 2 is 1.92 bits per heavy atom. The topological polar surface area (TPSA) is 64.7 Å². The predicted octanol–water partition coefficient (Wildman–Crippen LogP) is 1.16. The zero-order valence-electron chi connectivity index (χ0n) is 15.7. The number of carbonyl (C=O) groups is 2. The van der Waals surface area contributed by atoms with Crippen LogP contribution in [0.3, 0.4) is 0 Å². The third kappa shape index (κ3) is 7.72. The Labute approximate surface area is 162 Å². The largest absolute Gasteiger partial charge is 0.354 e. The van der Waals surface area contributed by atoms with Crippen LogP contribution in [0.2, 0.25) is 0 Å². The lowest BCUT2D eigenvalue weighted by atomic mass is 9.91. The number of nitrogens with zero attached hydrogens (tertiary/aromatic N) is 2. The van der Waals surface area contributed by atoms with Gasteiger partial charge in [0.1, 0.15) is 6.04 Å². The van der Waals surface area contributed by atoms with E-state index in [0.717, 1.165) is 39.1 Å². The van der Waals surface area contributed by atoms with Gasteiger partial charge < -0.3 is 20.4 Å². The Kier molecular flexibility index (Phi) is 9.56. The summed E-state index contributed by atoms with van der Waals surface area (Å²) in [4.78, 5) is 29.0. The summed E-state index contributed by atoms with van der Waals surface area (Å²) in [6, 6.07) is -0.302. The highest BCUT2D eigenvalue weighted by Crippen LogP contribution is 2.26. The van der Waals surface area contributed by atoms with Crippen LogP contribution >= 0.6 is 24.2 Å². The van der Waals surface area contributed by atoms with Gasteiger partial charge in [-0.2, -0.15) is 0 Å². The second kappa shape index (κ2) is 10.6. The van der Waals surface area contributed by atoms with E-state index in [4.69, 9.17) is 0 Å². The molecule has 2 N–H and O–H groups in total. The molecule has 146 valence electrons. The normalized spacial score (nSPS) is 21.7. The van der Waals surface area contributed by atoms with Gasteiger partial charge in [0.05, 0.1) is 5.88 Å². The molecule has 0 aromatic carbocycles. The maximum atomic E-state index is 12.4. The maximum absolute atomic E-state index is 12.4. The van der Waals surface area contributed by atoms with Gasteiger partial charge in [0.15, 0.2) is 0 Å². The molecule has 0 spiro atoms. The van der Waals surface area contributed by atoms with E-state index in [2.05, 4.69) is 36.3 Å². The Balaban J connectivity index is 0.00000312. The molecule has 2 aliphatic heterocycles. The molecular weight excluding hydrogens is 360 g/mol. The first kappa shape index (κ1) is 22.5. The molecule has 0 aliphatic carbocycles. The zero-order chi connectivity index (χ0) is 17.6. The van der Waals surface area contributed by atoms with Crippen molar-refractivity contribution in [2.24, 2.45) is 5.41 Å². The number of hydrogen-bond donors (Lipinski definition) is 2. The van der Waals surface area contributed by atoms with Crippen molar-refractivity contribution in [3.63, 3.8) is 0 Å². The number of hydrogen-bond acceptors (Lipinski definition) is 5. The average Bonchev–Trinajstić information content (AvgIpc) is 3.00. The summed E-state index contributed by atoms with van der Waals surface area (Å²) in [6.45, 7) is 12.1. The van der Waals surface area contributed by atoms with Gasteiger partial charge in [-0.15, -0.1) is 24.2 Å². The van der Waals surface area contributed by atoms with E-state index in [0.29, 0.717) is 24.6 Å². The van der Waals surface area contributed by atoms with Crippen LogP contribution < -0.4 is 10.6 Å². The minimum Gasteiger partial charge on any atom is -0.354 e. The molecule has 0 aromatic heterocycles. The first-order valence-electron chi connectivity index (χ1n) is 8.95. The fraction of sp³-hybridized carbons (Fsp3) is 0.882. The van der Waals surface area contributed by atoms with Gasteiger partial charge >= 0.3 is 0 Å². The lowest BCUT2D eigenvalue weighted by Gasteiger charge is -2.28. The molecule has 2 aliphatic rings. The highest BCUT2D eigenvalue weighted by molar-refractivity contribution is 7.99. The van der Waals surface area contributed by atoms with Crippen LogP contribution in [-0.2, 0) is 9.59 Å². The summed E-state index contributed by atoms with van der Waals surface area (Å²) in [5.41, 5.74) is -0.0470. The predicted molar refractivity (Wildman–Crippen MR) is 106 cm³/mol. The maximum Gasteiger partial charge on any atom is 0.243 e. The van der Waals surface area contributed by atoms with Crippen molar-refractivity contribution < 1.29 is 9.59 Å². The van der Waals surface area contributed by atoms with Crippen molar-refractivity contribution in [3.8, 4) is 0 Å². The Bertz CT molecular complexity index is 439. The second-order valence-corrected chi connectivity index (χ2v) is 8.85. The lowest BCUT2D eigenvalue weighted by Crippen LogP contribution is -2.48. The molecule has 0 saturated carbocycles. The van der Waals surface area contributed by atoms with Gasteiger partial charge in [-0.1, -0.05) is 20.8 Å². The van der Waals surface area contributed by atoms with Crippen molar-refractivity contribution in [1.82, 2.24) is 20.4 Å². The zero-order valence-corrected chi connectivity index (χ0v) is 17.3. The van der Waals surface area contributed by atoms with Gasteiger partial charge in [0, 0.05) is 44.9 Å². The highest BCUT2D eigenvalue weighted by atomic mass is 35.5. The van der Waals surface area contributed by atoms with Gasteiger partial charge in [-0.25, -0.2) is 0 Å². The van der Waals surface area contributed by atoms with Crippen LogP contribution in [0.15, 0.2) is 0 Å². The molecule has 2 fully saturated rings. The molecule has 8 heteroatoms. The van der Waals surface area contributed by atoms with E-state index in [1.165, 1.54) is 0 Å². The molecule has 2 rings (SSSR count). The van der Waals surface area contributed by atoms with E-state index in [9.17, 15) is 9.59 Å². The number of halogens is 1. The first-order chi connectivity index (χ1) is 11.4. The second-order valence-electron chi connectivity index (χ2n) is 7.85. The monoisotopic (exact) mass is 392 g/mol. The van der Waals surface area contributed by atoms with E-state index < -0.39 is 0 Å². The number of amides is 2. The minimum absolute atomic E-state index is 0. The number of nitrogens with one attached hydrogen (secondary N) is 2. The molecule has 0 aromatic rings. The molecule has 6 nitrogen and oxygen atoms in total. The van der Waals surface area contributed by atoms with Gasteiger partial charge in [0.25, 0.3) is 0 Å². The SMILES string of the molecule is CC(C)(C)CC(=O)N1CSCC1C(=O)NCCCN1CCNCC1.Cl. The smallest absolute Gasteiger partial charge is 0.243 e. The molecular formula is C17H33ClN4O2S. The van der Waals surface area contributed by atoms with Crippen LogP contribution in [-0.4, -0.2) is 78.6 Å². The standard InChI is InChI=1S/C17H32N4O2S.ClH/c1-17(2,3)11-15(22)21-13-24-12-14(21)16(23)19-5-4-8-20-9-6-18-7-10-20;/h14,18H,4-13H2,1-3H3,(H,19,23);1H. The quantitative estimate of drug-likeness (QED) is 0.664. The number of rotatable bonds is 6. The van der Waals surface area contributed by atoms with Crippen LogP contribution in [0.4, 0.5) is 0 Å². The van der Waals surface area contributed by atoms with Gasteiger partial charge in [-0.3, -0.25) is 9.59 Å². The van der Waals surface area contributed by atoms with Crippen LogP contribution in [0.25, 0.3) is 0 Å².